The third-order valence-corrected chi connectivity index (χ3v) is 6.44. The summed E-state index contributed by atoms with van der Waals surface area (Å²) in [7, 11) is 0. The zero-order chi connectivity index (χ0) is 20.8. The van der Waals surface area contributed by atoms with E-state index in [1.165, 1.54) is 47.1 Å². The first-order chi connectivity index (χ1) is 14.7. The maximum atomic E-state index is 12.2. The lowest BCUT2D eigenvalue weighted by molar-refractivity contribution is -0.124. The van der Waals surface area contributed by atoms with Crippen molar-refractivity contribution in [3.8, 4) is 11.1 Å². The maximum absolute atomic E-state index is 12.2. The Morgan fingerprint density at radius 2 is 1.80 bits per heavy atom. The smallest absolute Gasteiger partial charge is 0.227 e. The van der Waals surface area contributed by atoms with Crippen molar-refractivity contribution in [2.75, 3.05) is 0 Å². The Hall–Kier alpha value is -2.87. The van der Waals surface area contributed by atoms with Crippen molar-refractivity contribution in [3.05, 3.63) is 89.7 Å². The second kappa shape index (κ2) is 9.75. The minimum absolute atomic E-state index is 0.177. The molecule has 2 aromatic rings. The number of carbonyl (C=O) groups excluding carboxylic acids is 1. The van der Waals surface area contributed by atoms with Crippen LogP contribution in [-0.2, 0) is 4.79 Å². The van der Waals surface area contributed by atoms with Crippen LogP contribution >= 0.6 is 0 Å². The predicted octanol–water partition coefficient (Wildman–Crippen LogP) is 7.01. The molecule has 2 aliphatic carbocycles. The Bertz CT molecular complexity index is 961. The molecule has 0 saturated heterocycles. The molecule has 2 heteroatoms. The van der Waals surface area contributed by atoms with Gasteiger partial charge in [0.1, 0.15) is 0 Å². The summed E-state index contributed by atoms with van der Waals surface area (Å²) in [6.07, 6.45) is 17.0. The van der Waals surface area contributed by atoms with Crippen molar-refractivity contribution in [2.24, 2.45) is 5.92 Å². The molecular weight excluding hydrogens is 366 g/mol. The molecule has 2 aromatic carbocycles. The summed E-state index contributed by atoms with van der Waals surface area (Å²) in [6, 6.07) is 17.3. The second-order valence-electron chi connectivity index (χ2n) is 8.48. The number of allylic oxidation sites excluding steroid dienone is 4. The zero-order valence-electron chi connectivity index (χ0n) is 17.8. The fourth-order valence-electron chi connectivity index (χ4n) is 4.77. The van der Waals surface area contributed by atoms with Crippen LogP contribution in [0.1, 0.15) is 62.5 Å². The molecule has 1 amide bonds. The van der Waals surface area contributed by atoms with Gasteiger partial charge in [0.15, 0.2) is 0 Å². The number of carbonyl (C=O) groups is 1. The molecule has 30 heavy (non-hydrogen) atoms. The topological polar surface area (TPSA) is 29.1 Å². The molecule has 1 N–H and O–H groups in total. The Labute approximate surface area is 180 Å². The molecule has 2 aliphatic rings. The highest BCUT2D eigenvalue weighted by Crippen LogP contribution is 2.42. The van der Waals surface area contributed by atoms with Crippen molar-refractivity contribution in [1.29, 1.82) is 0 Å². The van der Waals surface area contributed by atoms with Crippen molar-refractivity contribution >= 4 is 12.0 Å². The molecule has 0 aliphatic heterocycles. The van der Waals surface area contributed by atoms with E-state index in [9.17, 15) is 4.79 Å². The largest absolute Gasteiger partial charge is 0.332 e. The summed E-state index contributed by atoms with van der Waals surface area (Å²) in [5.74, 6) is 0.801. The first-order valence-electron chi connectivity index (χ1n) is 11.2. The van der Waals surface area contributed by atoms with E-state index in [0.29, 0.717) is 5.92 Å². The summed E-state index contributed by atoms with van der Waals surface area (Å²) in [6.45, 7) is 2.23. The van der Waals surface area contributed by atoms with E-state index in [0.717, 1.165) is 19.3 Å². The van der Waals surface area contributed by atoms with Gasteiger partial charge in [0.25, 0.3) is 0 Å². The molecule has 154 valence electrons. The minimum atomic E-state index is 0.177. The van der Waals surface area contributed by atoms with Crippen LogP contribution in [0.25, 0.3) is 17.2 Å². The molecule has 0 bridgehead atoms. The van der Waals surface area contributed by atoms with Crippen molar-refractivity contribution in [1.82, 2.24) is 5.32 Å². The van der Waals surface area contributed by atoms with Crippen LogP contribution in [0.5, 0.6) is 0 Å². The highest BCUT2D eigenvalue weighted by atomic mass is 16.1. The third-order valence-electron chi connectivity index (χ3n) is 6.44. The van der Waals surface area contributed by atoms with E-state index in [1.54, 1.807) is 6.20 Å². The van der Waals surface area contributed by atoms with Gasteiger partial charge < -0.3 is 5.32 Å². The highest BCUT2D eigenvalue weighted by molar-refractivity contribution is 5.82. The minimum Gasteiger partial charge on any atom is -0.332 e. The number of hydrogen-bond acceptors (Lipinski definition) is 1. The average Bonchev–Trinajstić information content (AvgIpc) is 3.12. The first kappa shape index (κ1) is 20.4. The molecule has 1 saturated carbocycles. The Kier molecular flexibility index (Phi) is 6.63. The molecular formula is C28H31NO. The molecule has 0 heterocycles. The van der Waals surface area contributed by atoms with Gasteiger partial charge in [-0.1, -0.05) is 91.6 Å². The lowest BCUT2D eigenvalue weighted by atomic mass is 9.89. The summed E-state index contributed by atoms with van der Waals surface area (Å²) in [5.41, 5.74) is 6.76. The molecule has 2 nitrogen and oxygen atoms in total. The SMILES string of the molecule is CC1=Cc2c(-c3ccccc3)cccc2C1CC=CC=CNC(=O)C1CCCCC1. The molecule has 0 radical (unpaired) electrons. The van der Waals surface area contributed by atoms with Gasteiger partial charge in [-0.3, -0.25) is 4.79 Å². The first-order valence-corrected chi connectivity index (χ1v) is 11.2. The van der Waals surface area contributed by atoms with E-state index in [2.05, 4.69) is 72.9 Å². The van der Waals surface area contributed by atoms with Crippen LogP contribution in [0.15, 0.2) is 78.5 Å². The Morgan fingerprint density at radius 3 is 2.60 bits per heavy atom. The fourth-order valence-corrected chi connectivity index (χ4v) is 4.77. The van der Waals surface area contributed by atoms with E-state index < -0.39 is 0 Å². The quantitative estimate of drug-likeness (QED) is 0.522. The summed E-state index contributed by atoms with van der Waals surface area (Å²) in [5, 5.41) is 2.95. The van der Waals surface area contributed by atoms with Crippen LogP contribution in [0.3, 0.4) is 0 Å². The van der Waals surface area contributed by atoms with Gasteiger partial charge in [-0.2, -0.15) is 0 Å². The number of amides is 1. The predicted molar refractivity (Wildman–Crippen MR) is 126 cm³/mol. The van der Waals surface area contributed by atoms with E-state index in [1.807, 2.05) is 12.2 Å². The number of benzene rings is 2. The van der Waals surface area contributed by atoms with Crippen LogP contribution in [0.4, 0.5) is 0 Å². The van der Waals surface area contributed by atoms with Crippen LogP contribution in [0.2, 0.25) is 0 Å². The summed E-state index contributed by atoms with van der Waals surface area (Å²) in [4.78, 5) is 12.2. The van der Waals surface area contributed by atoms with Crippen molar-refractivity contribution in [2.45, 2.75) is 51.4 Å². The van der Waals surface area contributed by atoms with E-state index in [4.69, 9.17) is 0 Å². The number of hydrogen-bond donors (Lipinski definition) is 1. The van der Waals surface area contributed by atoms with Crippen LogP contribution in [-0.4, -0.2) is 5.91 Å². The standard InChI is InChI=1S/C28H31NO/c1-21-20-27-25(22-12-5-2-6-13-22)17-11-18-26(27)24(21)16-9-4-10-19-29-28(30)23-14-7-3-8-15-23/h2,4-6,9-13,17-20,23-24H,3,7-8,14-16H2,1H3,(H,29,30). The maximum Gasteiger partial charge on any atom is 0.227 e. The van der Waals surface area contributed by atoms with Crippen LogP contribution in [0, 0.1) is 5.92 Å². The molecule has 1 atom stereocenters. The Balaban J connectivity index is 1.36. The summed E-state index contributed by atoms with van der Waals surface area (Å²) < 4.78 is 0. The monoisotopic (exact) mass is 397 g/mol. The number of fused-ring (bicyclic) bond motifs is 1. The lowest BCUT2D eigenvalue weighted by Crippen LogP contribution is -2.28. The molecule has 4 rings (SSSR count). The average molecular weight is 398 g/mol. The normalized spacial score (nSPS) is 19.2. The van der Waals surface area contributed by atoms with Gasteiger partial charge in [-0.15, -0.1) is 0 Å². The lowest BCUT2D eigenvalue weighted by Gasteiger charge is -2.19. The number of nitrogens with one attached hydrogen (secondary N) is 1. The highest BCUT2D eigenvalue weighted by Gasteiger charge is 2.23. The Morgan fingerprint density at radius 1 is 1.00 bits per heavy atom. The summed E-state index contributed by atoms with van der Waals surface area (Å²) >= 11 is 0. The molecule has 0 aromatic heterocycles. The van der Waals surface area contributed by atoms with Gasteiger partial charge in [0.2, 0.25) is 5.91 Å². The third kappa shape index (κ3) is 4.64. The van der Waals surface area contributed by atoms with Gasteiger partial charge in [-0.25, -0.2) is 0 Å². The zero-order valence-corrected chi connectivity index (χ0v) is 17.8. The molecule has 0 spiro atoms. The van der Waals surface area contributed by atoms with E-state index >= 15 is 0 Å². The van der Waals surface area contributed by atoms with Crippen molar-refractivity contribution < 1.29 is 4.79 Å². The van der Waals surface area contributed by atoms with Gasteiger partial charge in [0.05, 0.1) is 0 Å². The van der Waals surface area contributed by atoms with E-state index in [-0.39, 0.29) is 11.8 Å². The van der Waals surface area contributed by atoms with Gasteiger partial charge in [0, 0.05) is 18.0 Å². The number of rotatable bonds is 6. The molecule has 1 fully saturated rings. The second-order valence-corrected chi connectivity index (χ2v) is 8.48. The van der Waals surface area contributed by atoms with Crippen molar-refractivity contribution in [3.63, 3.8) is 0 Å². The van der Waals surface area contributed by atoms with Crippen LogP contribution < -0.4 is 5.32 Å². The van der Waals surface area contributed by atoms with Gasteiger partial charge in [-0.05, 0) is 54.5 Å². The fraction of sp³-hybridized carbons (Fsp3) is 0.321. The van der Waals surface area contributed by atoms with Gasteiger partial charge >= 0.3 is 0 Å². The molecule has 1 unspecified atom stereocenters.